The number of likely N-dealkylation sites (tertiary alicyclic amines) is 1. The second kappa shape index (κ2) is 5.72. The minimum absolute atomic E-state index is 0.0231. The molecule has 1 fully saturated rings. The van der Waals surface area contributed by atoms with E-state index in [2.05, 4.69) is 19.2 Å². The molecule has 1 heterocycles. The number of piperidine rings is 1. The highest BCUT2D eigenvalue weighted by atomic mass is 16.4. The van der Waals surface area contributed by atoms with Gasteiger partial charge >= 0.3 is 12.0 Å². The molecule has 0 saturated carbocycles. The van der Waals surface area contributed by atoms with Crippen molar-refractivity contribution in [1.82, 2.24) is 10.2 Å². The molecule has 1 aliphatic heterocycles. The summed E-state index contributed by atoms with van der Waals surface area (Å²) in [6.45, 7) is 6.00. The van der Waals surface area contributed by atoms with E-state index < -0.39 is 5.97 Å². The van der Waals surface area contributed by atoms with Crippen molar-refractivity contribution in [1.29, 1.82) is 0 Å². The average molecular weight is 228 g/mol. The zero-order valence-electron chi connectivity index (χ0n) is 9.90. The summed E-state index contributed by atoms with van der Waals surface area (Å²) in [4.78, 5) is 23.8. The quantitative estimate of drug-likeness (QED) is 0.761. The summed E-state index contributed by atoms with van der Waals surface area (Å²) in [5, 5.41) is 11.1. The summed E-state index contributed by atoms with van der Waals surface area (Å²) in [6.07, 6.45) is 1.13. The second-order valence-corrected chi connectivity index (χ2v) is 4.73. The third-order valence-electron chi connectivity index (χ3n) is 2.77. The Morgan fingerprint density at radius 1 is 1.31 bits per heavy atom. The molecule has 0 aliphatic carbocycles. The van der Waals surface area contributed by atoms with E-state index in [1.165, 1.54) is 0 Å². The minimum Gasteiger partial charge on any atom is -0.481 e. The Morgan fingerprint density at radius 3 is 2.38 bits per heavy atom. The van der Waals surface area contributed by atoms with Gasteiger partial charge < -0.3 is 15.3 Å². The number of carbonyl (C=O) groups excluding carboxylic acids is 1. The first-order chi connectivity index (χ1) is 7.49. The van der Waals surface area contributed by atoms with Gasteiger partial charge in [-0.3, -0.25) is 4.79 Å². The molecule has 1 aliphatic rings. The number of carbonyl (C=O) groups is 2. The van der Waals surface area contributed by atoms with E-state index >= 15 is 0 Å². The predicted molar refractivity (Wildman–Crippen MR) is 60.2 cm³/mol. The topological polar surface area (TPSA) is 69.6 Å². The van der Waals surface area contributed by atoms with Gasteiger partial charge in [0.1, 0.15) is 0 Å². The van der Waals surface area contributed by atoms with Crippen LogP contribution in [-0.4, -0.2) is 41.6 Å². The first-order valence-corrected chi connectivity index (χ1v) is 5.73. The summed E-state index contributed by atoms with van der Waals surface area (Å²) in [5.74, 6) is 0.156. The number of nitrogens with one attached hydrogen (secondary N) is 1. The highest BCUT2D eigenvalue weighted by molar-refractivity contribution is 5.75. The molecule has 0 spiro atoms. The summed E-state index contributed by atoms with van der Waals surface area (Å²) >= 11 is 0. The van der Waals surface area contributed by atoms with Gasteiger partial charge in [-0.2, -0.15) is 0 Å². The van der Waals surface area contributed by atoms with Gasteiger partial charge in [0.15, 0.2) is 0 Å². The molecule has 16 heavy (non-hydrogen) atoms. The molecule has 1 rings (SSSR count). The summed E-state index contributed by atoms with van der Waals surface area (Å²) in [5.41, 5.74) is 0. The molecule has 0 aromatic carbocycles. The summed E-state index contributed by atoms with van der Waals surface area (Å²) in [6, 6.07) is -0.139. The van der Waals surface area contributed by atoms with Crippen LogP contribution in [0.4, 0.5) is 4.79 Å². The molecule has 92 valence electrons. The Balaban J connectivity index is 2.32. The fraction of sp³-hybridized carbons (Fsp3) is 0.818. The average Bonchev–Trinajstić information content (AvgIpc) is 2.15. The van der Waals surface area contributed by atoms with Crippen LogP contribution in [0.5, 0.6) is 0 Å². The van der Waals surface area contributed by atoms with E-state index in [1.54, 1.807) is 4.90 Å². The standard InChI is InChI=1S/C11H20N2O3/c1-8-5-9(2)7-13(6-8)11(16)12-4-3-10(14)15/h8-9H,3-7H2,1-2H3,(H,12,16)(H,14,15)/t8-,9+. The Kier molecular flexibility index (Phi) is 4.58. The SMILES string of the molecule is C[C@@H]1C[C@H](C)CN(C(=O)NCCC(=O)O)C1. The van der Waals surface area contributed by atoms with E-state index in [4.69, 9.17) is 5.11 Å². The van der Waals surface area contributed by atoms with Crippen molar-refractivity contribution in [2.75, 3.05) is 19.6 Å². The number of aliphatic carboxylic acids is 1. The lowest BCUT2D eigenvalue weighted by molar-refractivity contribution is -0.136. The van der Waals surface area contributed by atoms with Crippen molar-refractivity contribution in [3.8, 4) is 0 Å². The third kappa shape index (κ3) is 4.08. The first kappa shape index (κ1) is 12.8. The van der Waals surface area contributed by atoms with E-state index in [-0.39, 0.29) is 19.0 Å². The van der Waals surface area contributed by atoms with Gasteiger partial charge in [-0.15, -0.1) is 0 Å². The van der Waals surface area contributed by atoms with Crippen molar-refractivity contribution in [3.05, 3.63) is 0 Å². The fourth-order valence-electron chi connectivity index (χ4n) is 2.22. The maximum atomic E-state index is 11.7. The third-order valence-corrected chi connectivity index (χ3v) is 2.77. The van der Waals surface area contributed by atoms with Crippen molar-refractivity contribution in [2.45, 2.75) is 26.7 Å². The molecule has 0 aromatic heterocycles. The van der Waals surface area contributed by atoms with Crippen molar-refractivity contribution < 1.29 is 14.7 Å². The highest BCUT2D eigenvalue weighted by Gasteiger charge is 2.24. The number of carboxylic acids is 1. The van der Waals surface area contributed by atoms with Crippen LogP contribution in [-0.2, 0) is 4.79 Å². The molecule has 0 bridgehead atoms. The van der Waals surface area contributed by atoms with Crippen LogP contribution in [0.2, 0.25) is 0 Å². The molecule has 2 atom stereocenters. The van der Waals surface area contributed by atoms with Crippen molar-refractivity contribution in [2.24, 2.45) is 11.8 Å². The molecule has 2 amide bonds. The van der Waals surface area contributed by atoms with Crippen molar-refractivity contribution in [3.63, 3.8) is 0 Å². The Bertz CT molecular complexity index is 258. The molecule has 0 aromatic rings. The van der Waals surface area contributed by atoms with Crippen LogP contribution in [0, 0.1) is 11.8 Å². The molecule has 5 nitrogen and oxygen atoms in total. The number of hydrogen-bond acceptors (Lipinski definition) is 2. The Labute approximate surface area is 95.8 Å². The van der Waals surface area contributed by atoms with Gasteiger partial charge in [0, 0.05) is 19.6 Å². The number of hydrogen-bond donors (Lipinski definition) is 2. The molecule has 2 N–H and O–H groups in total. The molecule has 0 unspecified atom stereocenters. The zero-order valence-corrected chi connectivity index (χ0v) is 9.90. The molecular weight excluding hydrogens is 208 g/mol. The Morgan fingerprint density at radius 2 is 1.88 bits per heavy atom. The minimum atomic E-state index is -0.888. The predicted octanol–water partition coefficient (Wildman–Crippen LogP) is 1.15. The number of urea groups is 1. The van der Waals surface area contributed by atoms with Crippen LogP contribution in [0.3, 0.4) is 0 Å². The molecule has 0 radical (unpaired) electrons. The van der Waals surface area contributed by atoms with Crippen molar-refractivity contribution >= 4 is 12.0 Å². The highest BCUT2D eigenvalue weighted by Crippen LogP contribution is 2.20. The molecular formula is C11H20N2O3. The van der Waals surface area contributed by atoms with E-state index in [0.29, 0.717) is 11.8 Å². The summed E-state index contributed by atoms with van der Waals surface area (Å²) < 4.78 is 0. The van der Waals surface area contributed by atoms with Gasteiger partial charge in [-0.1, -0.05) is 13.8 Å². The van der Waals surface area contributed by atoms with Crippen LogP contribution >= 0.6 is 0 Å². The van der Waals surface area contributed by atoms with Gasteiger partial charge in [0.05, 0.1) is 6.42 Å². The van der Waals surface area contributed by atoms with E-state index in [1.807, 2.05) is 0 Å². The van der Waals surface area contributed by atoms with Gasteiger partial charge in [0.25, 0.3) is 0 Å². The molecule has 5 heteroatoms. The number of carboxylic acid groups (broad SMARTS) is 1. The first-order valence-electron chi connectivity index (χ1n) is 5.73. The second-order valence-electron chi connectivity index (χ2n) is 4.73. The maximum Gasteiger partial charge on any atom is 0.317 e. The monoisotopic (exact) mass is 228 g/mol. The van der Waals surface area contributed by atoms with Gasteiger partial charge in [0.2, 0.25) is 0 Å². The summed E-state index contributed by atoms with van der Waals surface area (Å²) in [7, 11) is 0. The number of amides is 2. The normalized spacial score (nSPS) is 25.2. The van der Waals surface area contributed by atoms with E-state index in [0.717, 1.165) is 19.5 Å². The van der Waals surface area contributed by atoms with Gasteiger partial charge in [-0.05, 0) is 18.3 Å². The largest absolute Gasteiger partial charge is 0.481 e. The lowest BCUT2D eigenvalue weighted by Crippen LogP contribution is -2.47. The lowest BCUT2D eigenvalue weighted by atomic mass is 9.92. The smallest absolute Gasteiger partial charge is 0.317 e. The van der Waals surface area contributed by atoms with Crippen LogP contribution in [0.25, 0.3) is 0 Å². The van der Waals surface area contributed by atoms with Crippen LogP contribution in [0.1, 0.15) is 26.7 Å². The Hall–Kier alpha value is -1.26. The lowest BCUT2D eigenvalue weighted by Gasteiger charge is -2.34. The van der Waals surface area contributed by atoms with E-state index in [9.17, 15) is 9.59 Å². The maximum absolute atomic E-state index is 11.7. The molecule has 1 saturated heterocycles. The fourth-order valence-corrected chi connectivity index (χ4v) is 2.22. The van der Waals surface area contributed by atoms with Gasteiger partial charge in [-0.25, -0.2) is 4.79 Å². The van der Waals surface area contributed by atoms with Crippen LogP contribution < -0.4 is 5.32 Å². The number of rotatable bonds is 3. The zero-order chi connectivity index (χ0) is 12.1. The van der Waals surface area contributed by atoms with Crippen LogP contribution in [0.15, 0.2) is 0 Å². The number of nitrogens with zero attached hydrogens (tertiary/aromatic N) is 1.